The maximum absolute atomic E-state index is 12.3. The average Bonchev–Trinajstić information content (AvgIpc) is 3.03. The lowest BCUT2D eigenvalue weighted by molar-refractivity contribution is -0.142. The van der Waals surface area contributed by atoms with E-state index in [1.165, 1.54) is 7.11 Å². The lowest BCUT2D eigenvalue weighted by Gasteiger charge is -2.17. The molecule has 2 amide bonds. The predicted octanol–water partition coefficient (Wildman–Crippen LogP) is 1.84. The van der Waals surface area contributed by atoms with Gasteiger partial charge in [0, 0.05) is 24.2 Å². The van der Waals surface area contributed by atoms with Crippen molar-refractivity contribution in [3.8, 4) is 0 Å². The highest BCUT2D eigenvalue weighted by molar-refractivity contribution is 7.98. The Morgan fingerprint density at radius 3 is 2.58 bits per heavy atom. The van der Waals surface area contributed by atoms with Crippen molar-refractivity contribution in [2.75, 3.05) is 30.6 Å². The molecule has 2 rings (SSSR count). The van der Waals surface area contributed by atoms with Gasteiger partial charge in [0.05, 0.1) is 7.11 Å². The summed E-state index contributed by atoms with van der Waals surface area (Å²) in [5.74, 6) is 0.0771. The summed E-state index contributed by atoms with van der Waals surface area (Å²) >= 11 is 1.60. The van der Waals surface area contributed by atoms with E-state index in [1.807, 2.05) is 6.26 Å². The van der Waals surface area contributed by atoms with Crippen LogP contribution in [0.25, 0.3) is 0 Å². The number of rotatable bonds is 7. The van der Waals surface area contributed by atoms with Crippen LogP contribution in [0.3, 0.4) is 0 Å². The minimum atomic E-state index is -0.658. The van der Waals surface area contributed by atoms with Gasteiger partial charge in [-0.3, -0.25) is 9.59 Å². The molecule has 1 heterocycles. The van der Waals surface area contributed by atoms with Crippen molar-refractivity contribution in [1.29, 1.82) is 0 Å². The Morgan fingerprint density at radius 1 is 1.33 bits per heavy atom. The number of nitrogens with zero attached hydrogens (tertiary/aromatic N) is 1. The maximum Gasteiger partial charge on any atom is 0.328 e. The summed E-state index contributed by atoms with van der Waals surface area (Å²) in [6.07, 6.45) is 3.88. The van der Waals surface area contributed by atoms with Crippen LogP contribution in [0.2, 0.25) is 0 Å². The topological polar surface area (TPSA) is 75.7 Å². The Bertz CT molecular complexity index is 603. The first-order valence-electron chi connectivity index (χ1n) is 7.85. The van der Waals surface area contributed by atoms with Gasteiger partial charge in [-0.1, -0.05) is 0 Å². The van der Waals surface area contributed by atoms with Gasteiger partial charge >= 0.3 is 5.97 Å². The molecule has 6 nitrogen and oxygen atoms in total. The summed E-state index contributed by atoms with van der Waals surface area (Å²) in [5.41, 5.74) is 1.24. The van der Waals surface area contributed by atoms with Gasteiger partial charge in [0.15, 0.2) is 0 Å². The number of hydrogen-bond acceptors (Lipinski definition) is 5. The minimum absolute atomic E-state index is 0.107. The fourth-order valence-electron chi connectivity index (χ4n) is 2.58. The molecule has 0 aromatic heterocycles. The van der Waals surface area contributed by atoms with Gasteiger partial charge in [-0.05, 0) is 49.1 Å². The normalized spacial score (nSPS) is 15.2. The number of ether oxygens (including phenoxy) is 1. The fraction of sp³-hybridized carbons (Fsp3) is 0.471. The molecule has 1 atom stereocenters. The van der Waals surface area contributed by atoms with Crippen molar-refractivity contribution in [3.63, 3.8) is 0 Å². The molecule has 1 saturated heterocycles. The second-order valence-electron chi connectivity index (χ2n) is 5.53. The lowest BCUT2D eigenvalue weighted by Crippen LogP contribution is -2.41. The molecule has 1 fully saturated rings. The quantitative estimate of drug-likeness (QED) is 0.760. The number of amides is 2. The molecule has 1 aromatic rings. The summed E-state index contributed by atoms with van der Waals surface area (Å²) in [6.45, 7) is 0.712. The third-order valence-electron chi connectivity index (χ3n) is 3.92. The number of anilines is 1. The van der Waals surface area contributed by atoms with E-state index in [9.17, 15) is 14.4 Å². The number of hydrogen-bond donors (Lipinski definition) is 1. The van der Waals surface area contributed by atoms with E-state index in [4.69, 9.17) is 4.74 Å². The zero-order valence-corrected chi connectivity index (χ0v) is 14.7. The fourth-order valence-corrected chi connectivity index (χ4v) is 3.05. The smallest absolute Gasteiger partial charge is 0.328 e. The van der Waals surface area contributed by atoms with Gasteiger partial charge in [0.2, 0.25) is 5.91 Å². The number of benzene rings is 1. The van der Waals surface area contributed by atoms with Crippen molar-refractivity contribution >= 4 is 35.2 Å². The molecule has 1 aromatic carbocycles. The van der Waals surface area contributed by atoms with Crippen LogP contribution in [0, 0.1) is 0 Å². The summed E-state index contributed by atoms with van der Waals surface area (Å²) in [5, 5.41) is 2.71. The number of carbonyl (C=O) groups is 3. The first-order chi connectivity index (χ1) is 11.6. The molecule has 1 aliphatic heterocycles. The zero-order valence-electron chi connectivity index (χ0n) is 13.9. The molecule has 24 heavy (non-hydrogen) atoms. The minimum Gasteiger partial charge on any atom is -0.467 e. The monoisotopic (exact) mass is 350 g/mol. The average molecular weight is 350 g/mol. The van der Waals surface area contributed by atoms with Crippen LogP contribution in [0.15, 0.2) is 24.3 Å². The van der Waals surface area contributed by atoms with Crippen LogP contribution in [-0.2, 0) is 14.3 Å². The summed E-state index contributed by atoms with van der Waals surface area (Å²) < 4.78 is 4.74. The van der Waals surface area contributed by atoms with E-state index in [-0.39, 0.29) is 11.8 Å². The van der Waals surface area contributed by atoms with E-state index in [0.717, 1.165) is 17.9 Å². The number of esters is 1. The van der Waals surface area contributed by atoms with Gasteiger partial charge in [-0.25, -0.2) is 4.79 Å². The van der Waals surface area contributed by atoms with Crippen molar-refractivity contribution in [1.82, 2.24) is 5.32 Å². The van der Waals surface area contributed by atoms with Gasteiger partial charge in [0.25, 0.3) is 5.91 Å². The van der Waals surface area contributed by atoms with Gasteiger partial charge in [-0.2, -0.15) is 11.8 Å². The van der Waals surface area contributed by atoms with Crippen LogP contribution in [-0.4, -0.2) is 49.5 Å². The van der Waals surface area contributed by atoms with Crippen molar-refractivity contribution in [2.24, 2.45) is 0 Å². The first kappa shape index (κ1) is 18.3. The van der Waals surface area contributed by atoms with E-state index in [0.29, 0.717) is 24.9 Å². The van der Waals surface area contributed by atoms with E-state index >= 15 is 0 Å². The van der Waals surface area contributed by atoms with Crippen LogP contribution in [0.1, 0.15) is 29.6 Å². The molecule has 0 saturated carbocycles. The molecular formula is C17H22N2O4S. The Morgan fingerprint density at radius 2 is 2.04 bits per heavy atom. The highest BCUT2D eigenvalue weighted by atomic mass is 32.2. The largest absolute Gasteiger partial charge is 0.467 e. The van der Waals surface area contributed by atoms with Crippen molar-refractivity contribution < 1.29 is 19.1 Å². The Balaban J connectivity index is 2.02. The molecule has 0 bridgehead atoms. The van der Waals surface area contributed by atoms with Crippen molar-refractivity contribution in [2.45, 2.75) is 25.3 Å². The molecule has 0 radical (unpaired) electrons. The van der Waals surface area contributed by atoms with Gasteiger partial charge < -0.3 is 15.0 Å². The van der Waals surface area contributed by atoms with Gasteiger partial charge in [-0.15, -0.1) is 0 Å². The van der Waals surface area contributed by atoms with Crippen LogP contribution in [0.4, 0.5) is 5.69 Å². The SMILES string of the molecule is COC(=O)[C@H](CCSC)NC(=O)c1ccc(N2CCCC2=O)cc1. The summed E-state index contributed by atoms with van der Waals surface area (Å²) in [4.78, 5) is 37.5. The second kappa shape index (κ2) is 8.73. The van der Waals surface area contributed by atoms with E-state index < -0.39 is 12.0 Å². The predicted molar refractivity (Wildman–Crippen MR) is 94.3 cm³/mol. The zero-order chi connectivity index (χ0) is 17.5. The van der Waals surface area contributed by atoms with E-state index in [2.05, 4.69) is 5.32 Å². The highest BCUT2D eigenvalue weighted by Crippen LogP contribution is 2.21. The molecule has 130 valence electrons. The Hall–Kier alpha value is -2.02. The van der Waals surface area contributed by atoms with Gasteiger partial charge in [0.1, 0.15) is 6.04 Å². The number of thioether (sulfide) groups is 1. The molecular weight excluding hydrogens is 328 g/mol. The Kier molecular flexibility index (Phi) is 6.66. The van der Waals surface area contributed by atoms with Crippen LogP contribution in [0.5, 0.6) is 0 Å². The molecule has 0 unspecified atom stereocenters. The maximum atomic E-state index is 12.3. The number of carbonyl (C=O) groups excluding carboxylic acids is 3. The first-order valence-corrected chi connectivity index (χ1v) is 9.24. The van der Waals surface area contributed by atoms with Crippen molar-refractivity contribution in [3.05, 3.63) is 29.8 Å². The number of nitrogens with one attached hydrogen (secondary N) is 1. The molecule has 1 aliphatic rings. The molecule has 0 aliphatic carbocycles. The highest BCUT2D eigenvalue weighted by Gasteiger charge is 2.23. The lowest BCUT2D eigenvalue weighted by atomic mass is 10.1. The summed E-state index contributed by atoms with van der Waals surface area (Å²) in [6, 6.07) is 6.19. The second-order valence-corrected chi connectivity index (χ2v) is 6.51. The van der Waals surface area contributed by atoms with E-state index in [1.54, 1.807) is 40.9 Å². The third-order valence-corrected chi connectivity index (χ3v) is 4.56. The molecule has 0 spiro atoms. The molecule has 1 N–H and O–H groups in total. The standard InChI is InChI=1S/C17H22N2O4S/c1-23-17(22)14(9-11-24-2)18-16(21)12-5-7-13(8-6-12)19-10-3-4-15(19)20/h5-8,14H,3-4,9-11H2,1-2H3,(H,18,21)/t14-/m0/s1. The number of methoxy groups -OCH3 is 1. The van der Waals surface area contributed by atoms with Crippen LogP contribution < -0.4 is 10.2 Å². The Labute approximate surface area is 145 Å². The van der Waals surface area contributed by atoms with Crippen LogP contribution >= 0.6 is 11.8 Å². The molecule has 7 heteroatoms. The summed E-state index contributed by atoms with van der Waals surface area (Å²) in [7, 11) is 1.31. The third kappa shape index (κ3) is 4.50.